The first-order valence-electron chi connectivity index (χ1n) is 4.88. The number of benzene rings is 1. The monoisotopic (exact) mass is 228 g/mol. The topological polar surface area (TPSA) is 49.7 Å². The molecule has 0 saturated heterocycles. The summed E-state index contributed by atoms with van der Waals surface area (Å²) in [6, 6.07) is 7.80. The summed E-state index contributed by atoms with van der Waals surface area (Å²) in [5.41, 5.74) is 0.927. The Balaban J connectivity index is 2.20. The molecular formula is C11H16O3S. The van der Waals surface area contributed by atoms with Crippen LogP contribution in [0.3, 0.4) is 0 Å². The quantitative estimate of drug-likeness (QED) is 0.545. The van der Waals surface area contributed by atoms with Crippen LogP contribution in [-0.4, -0.2) is 35.8 Å². The maximum absolute atomic E-state index is 8.85. The van der Waals surface area contributed by atoms with Gasteiger partial charge in [0, 0.05) is 10.6 Å². The summed E-state index contributed by atoms with van der Waals surface area (Å²) in [6.45, 7) is 1.22. The van der Waals surface area contributed by atoms with E-state index in [-0.39, 0.29) is 13.2 Å². The molecule has 84 valence electrons. The first-order valence-corrected chi connectivity index (χ1v) is 5.86. The highest BCUT2D eigenvalue weighted by molar-refractivity contribution is 7.99. The number of hydrogen-bond donors (Lipinski definition) is 2. The molecule has 1 aromatic carbocycles. The third kappa shape index (κ3) is 5.18. The molecule has 15 heavy (non-hydrogen) atoms. The van der Waals surface area contributed by atoms with E-state index >= 15 is 0 Å². The summed E-state index contributed by atoms with van der Waals surface area (Å²) in [5.74, 6) is 0.873. The van der Waals surface area contributed by atoms with E-state index in [0.717, 1.165) is 11.3 Å². The van der Waals surface area contributed by atoms with Crippen molar-refractivity contribution in [3.63, 3.8) is 0 Å². The Labute approximate surface area is 94.1 Å². The smallest absolute Gasteiger partial charge is 0.0698 e. The molecule has 0 aliphatic rings. The minimum atomic E-state index is 0.0792. The molecule has 0 fully saturated rings. The second kappa shape index (κ2) is 7.70. The third-order valence-electron chi connectivity index (χ3n) is 1.84. The third-order valence-corrected chi connectivity index (χ3v) is 2.81. The van der Waals surface area contributed by atoms with Crippen LogP contribution in [0.15, 0.2) is 29.2 Å². The lowest BCUT2D eigenvalue weighted by Crippen LogP contribution is -2.02. The van der Waals surface area contributed by atoms with Crippen molar-refractivity contribution in [1.29, 1.82) is 0 Å². The predicted octanol–water partition coefficient (Wildman–Crippen LogP) is 1.28. The molecule has 0 unspecified atom stereocenters. The minimum Gasteiger partial charge on any atom is -0.394 e. The molecule has 0 spiro atoms. The molecule has 1 aromatic rings. The summed E-state index contributed by atoms with van der Waals surface area (Å²) < 4.78 is 5.14. The normalized spacial score (nSPS) is 10.5. The standard InChI is InChI=1S/C11H16O3S/c12-5-6-14-7-8-15-11-3-1-10(9-13)2-4-11/h1-4,12-13H,5-9H2. The van der Waals surface area contributed by atoms with Crippen LogP contribution in [0.5, 0.6) is 0 Å². The molecule has 0 aliphatic heterocycles. The first kappa shape index (κ1) is 12.5. The molecule has 0 bridgehead atoms. The fourth-order valence-electron chi connectivity index (χ4n) is 1.08. The number of aliphatic hydroxyl groups excluding tert-OH is 2. The molecule has 2 N–H and O–H groups in total. The van der Waals surface area contributed by atoms with Gasteiger partial charge in [0.15, 0.2) is 0 Å². The van der Waals surface area contributed by atoms with Crippen molar-refractivity contribution in [2.75, 3.05) is 25.6 Å². The van der Waals surface area contributed by atoms with Crippen molar-refractivity contribution < 1.29 is 14.9 Å². The van der Waals surface area contributed by atoms with Gasteiger partial charge in [0.05, 0.1) is 26.4 Å². The van der Waals surface area contributed by atoms with E-state index in [1.54, 1.807) is 11.8 Å². The predicted molar refractivity (Wildman–Crippen MR) is 61.0 cm³/mol. The van der Waals surface area contributed by atoms with Crippen LogP contribution in [0.25, 0.3) is 0 Å². The number of rotatable bonds is 7. The van der Waals surface area contributed by atoms with Crippen LogP contribution in [0.2, 0.25) is 0 Å². The number of aliphatic hydroxyl groups is 2. The van der Waals surface area contributed by atoms with Crippen molar-refractivity contribution in [3.8, 4) is 0 Å². The molecule has 0 radical (unpaired) electrons. The summed E-state index contributed by atoms with van der Waals surface area (Å²) >= 11 is 1.70. The Kier molecular flexibility index (Phi) is 6.43. The summed E-state index contributed by atoms with van der Waals surface area (Å²) in [7, 11) is 0. The van der Waals surface area contributed by atoms with Crippen molar-refractivity contribution in [1.82, 2.24) is 0 Å². The highest BCUT2D eigenvalue weighted by Crippen LogP contribution is 2.17. The van der Waals surface area contributed by atoms with Gasteiger partial charge in [-0.05, 0) is 17.7 Å². The van der Waals surface area contributed by atoms with Crippen molar-refractivity contribution in [3.05, 3.63) is 29.8 Å². The van der Waals surface area contributed by atoms with Gasteiger partial charge in [-0.25, -0.2) is 0 Å². The molecule has 3 nitrogen and oxygen atoms in total. The van der Waals surface area contributed by atoms with Gasteiger partial charge >= 0.3 is 0 Å². The number of thioether (sulfide) groups is 1. The van der Waals surface area contributed by atoms with E-state index in [4.69, 9.17) is 14.9 Å². The second-order valence-corrected chi connectivity index (χ2v) is 4.15. The van der Waals surface area contributed by atoms with E-state index in [0.29, 0.717) is 13.2 Å². The number of ether oxygens (including phenoxy) is 1. The fourth-order valence-corrected chi connectivity index (χ4v) is 1.84. The molecule has 0 atom stereocenters. The van der Waals surface area contributed by atoms with Gasteiger partial charge in [0.1, 0.15) is 0 Å². The highest BCUT2D eigenvalue weighted by Gasteiger charge is 1.95. The largest absolute Gasteiger partial charge is 0.394 e. The van der Waals surface area contributed by atoms with Crippen LogP contribution in [0, 0.1) is 0 Å². The van der Waals surface area contributed by atoms with Gasteiger partial charge < -0.3 is 14.9 Å². The Hall–Kier alpha value is -0.550. The van der Waals surface area contributed by atoms with E-state index in [2.05, 4.69) is 0 Å². The van der Waals surface area contributed by atoms with E-state index in [1.807, 2.05) is 24.3 Å². The zero-order valence-corrected chi connectivity index (χ0v) is 9.37. The van der Waals surface area contributed by atoms with Gasteiger partial charge in [-0.15, -0.1) is 11.8 Å². The lowest BCUT2D eigenvalue weighted by Gasteiger charge is -2.03. The number of hydrogen-bond acceptors (Lipinski definition) is 4. The molecule has 4 heteroatoms. The van der Waals surface area contributed by atoms with Gasteiger partial charge in [0.2, 0.25) is 0 Å². The van der Waals surface area contributed by atoms with E-state index < -0.39 is 0 Å². The Morgan fingerprint density at radius 1 is 1.07 bits per heavy atom. The lowest BCUT2D eigenvalue weighted by molar-refractivity contribution is 0.103. The van der Waals surface area contributed by atoms with Crippen LogP contribution >= 0.6 is 11.8 Å². The Morgan fingerprint density at radius 3 is 2.40 bits per heavy atom. The maximum Gasteiger partial charge on any atom is 0.0698 e. The van der Waals surface area contributed by atoms with Crippen LogP contribution < -0.4 is 0 Å². The molecule has 0 amide bonds. The van der Waals surface area contributed by atoms with Crippen molar-refractivity contribution >= 4 is 11.8 Å². The van der Waals surface area contributed by atoms with Crippen LogP contribution in [-0.2, 0) is 11.3 Å². The average molecular weight is 228 g/mol. The zero-order chi connectivity index (χ0) is 10.9. The zero-order valence-electron chi connectivity index (χ0n) is 8.56. The summed E-state index contributed by atoms with van der Waals surface area (Å²) in [6.07, 6.45) is 0. The highest BCUT2D eigenvalue weighted by atomic mass is 32.2. The van der Waals surface area contributed by atoms with Gasteiger partial charge in [-0.3, -0.25) is 0 Å². The van der Waals surface area contributed by atoms with Gasteiger partial charge in [0.25, 0.3) is 0 Å². The van der Waals surface area contributed by atoms with Crippen LogP contribution in [0.4, 0.5) is 0 Å². The maximum atomic E-state index is 8.85. The van der Waals surface area contributed by atoms with Gasteiger partial charge in [-0.1, -0.05) is 12.1 Å². The lowest BCUT2D eigenvalue weighted by atomic mass is 10.2. The second-order valence-electron chi connectivity index (χ2n) is 2.99. The van der Waals surface area contributed by atoms with E-state index in [9.17, 15) is 0 Å². The molecule has 0 aromatic heterocycles. The van der Waals surface area contributed by atoms with Gasteiger partial charge in [-0.2, -0.15) is 0 Å². The molecule has 0 saturated carbocycles. The fraction of sp³-hybridized carbons (Fsp3) is 0.455. The minimum absolute atomic E-state index is 0.0792. The first-order chi connectivity index (χ1) is 7.36. The Bertz CT molecular complexity index is 261. The molecule has 1 rings (SSSR count). The van der Waals surface area contributed by atoms with Crippen molar-refractivity contribution in [2.45, 2.75) is 11.5 Å². The molecular weight excluding hydrogens is 212 g/mol. The SMILES string of the molecule is OCCOCCSc1ccc(CO)cc1. The average Bonchev–Trinajstić information content (AvgIpc) is 2.30. The summed E-state index contributed by atoms with van der Waals surface area (Å²) in [4.78, 5) is 1.17. The molecule has 0 aliphatic carbocycles. The van der Waals surface area contributed by atoms with Crippen LogP contribution in [0.1, 0.15) is 5.56 Å². The Morgan fingerprint density at radius 2 is 1.80 bits per heavy atom. The molecule has 0 heterocycles. The summed E-state index contributed by atoms with van der Waals surface area (Å²) in [5, 5.41) is 17.3. The van der Waals surface area contributed by atoms with Crippen molar-refractivity contribution in [2.24, 2.45) is 0 Å². The van der Waals surface area contributed by atoms with E-state index in [1.165, 1.54) is 4.90 Å².